The molecule has 0 aliphatic rings. The van der Waals surface area contributed by atoms with E-state index < -0.39 is 0 Å². The number of nitrogens with two attached hydrogens (primary N) is 1. The SMILES string of the molecule is CCC(=O)c1ccccc1Sc1nc(N)cc(=O)[nH]1. The van der Waals surface area contributed by atoms with Crippen molar-refractivity contribution < 1.29 is 4.79 Å². The third-order valence-electron chi connectivity index (χ3n) is 2.45. The van der Waals surface area contributed by atoms with Gasteiger partial charge in [-0.1, -0.05) is 36.9 Å². The van der Waals surface area contributed by atoms with E-state index in [0.29, 0.717) is 17.1 Å². The third-order valence-corrected chi connectivity index (χ3v) is 3.42. The lowest BCUT2D eigenvalue weighted by molar-refractivity contribution is 0.0985. The van der Waals surface area contributed by atoms with Crippen LogP contribution in [0.1, 0.15) is 23.7 Å². The second kappa shape index (κ2) is 5.71. The van der Waals surface area contributed by atoms with Crippen molar-refractivity contribution in [1.82, 2.24) is 9.97 Å². The molecule has 0 unspecified atom stereocenters. The summed E-state index contributed by atoms with van der Waals surface area (Å²) in [5, 5.41) is 0.376. The molecule has 1 aromatic carbocycles. The van der Waals surface area contributed by atoms with E-state index >= 15 is 0 Å². The smallest absolute Gasteiger partial charge is 0.253 e. The van der Waals surface area contributed by atoms with Crippen LogP contribution in [0.4, 0.5) is 5.82 Å². The molecule has 1 aromatic heterocycles. The summed E-state index contributed by atoms with van der Waals surface area (Å²) in [5.41, 5.74) is 5.84. The Labute approximate surface area is 114 Å². The summed E-state index contributed by atoms with van der Waals surface area (Å²) >= 11 is 1.22. The fraction of sp³-hybridized carbons (Fsp3) is 0.154. The number of hydrogen-bond donors (Lipinski definition) is 2. The number of nitrogen functional groups attached to an aromatic ring is 1. The van der Waals surface area contributed by atoms with E-state index in [2.05, 4.69) is 9.97 Å². The molecule has 2 rings (SSSR count). The maximum Gasteiger partial charge on any atom is 0.253 e. The maximum atomic E-state index is 11.8. The lowest BCUT2D eigenvalue weighted by Gasteiger charge is -2.06. The number of H-pyrrole nitrogens is 1. The summed E-state index contributed by atoms with van der Waals surface area (Å²) in [5.74, 6) is 0.208. The molecule has 0 saturated carbocycles. The highest BCUT2D eigenvalue weighted by molar-refractivity contribution is 7.99. The number of nitrogens with one attached hydrogen (secondary N) is 1. The number of anilines is 1. The monoisotopic (exact) mass is 275 g/mol. The minimum Gasteiger partial charge on any atom is -0.383 e. The van der Waals surface area contributed by atoms with Gasteiger partial charge in [-0.25, -0.2) is 4.98 Å². The van der Waals surface area contributed by atoms with Gasteiger partial charge >= 0.3 is 0 Å². The number of rotatable bonds is 4. The van der Waals surface area contributed by atoms with E-state index in [-0.39, 0.29) is 17.2 Å². The average Bonchev–Trinajstić information content (AvgIpc) is 2.37. The number of Topliss-reactive ketones (excluding diaryl/α,β-unsaturated/α-hetero) is 1. The molecule has 0 aliphatic carbocycles. The van der Waals surface area contributed by atoms with Gasteiger partial charge in [-0.15, -0.1) is 0 Å². The van der Waals surface area contributed by atoms with Gasteiger partial charge in [-0.3, -0.25) is 9.59 Å². The van der Waals surface area contributed by atoms with Gasteiger partial charge in [0.15, 0.2) is 10.9 Å². The van der Waals surface area contributed by atoms with Crippen LogP contribution < -0.4 is 11.3 Å². The van der Waals surface area contributed by atoms with E-state index in [1.807, 2.05) is 25.1 Å². The van der Waals surface area contributed by atoms with Gasteiger partial charge in [-0.05, 0) is 6.07 Å². The van der Waals surface area contributed by atoms with Gasteiger partial charge in [0.25, 0.3) is 5.56 Å². The van der Waals surface area contributed by atoms with Gasteiger partial charge in [0.05, 0.1) is 0 Å². The predicted molar refractivity (Wildman–Crippen MR) is 74.5 cm³/mol. The van der Waals surface area contributed by atoms with Crippen molar-refractivity contribution >= 4 is 23.4 Å². The molecule has 0 amide bonds. The Morgan fingerprint density at radius 3 is 2.84 bits per heavy atom. The van der Waals surface area contributed by atoms with Crippen molar-refractivity contribution in [3.05, 3.63) is 46.2 Å². The number of ketones is 1. The summed E-state index contributed by atoms with van der Waals surface area (Å²) < 4.78 is 0. The molecule has 19 heavy (non-hydrogen) atoms. The van der Waals surface area contributed by atoms with Crippen LogP contribution in [0.2, 0.25) is 0 Å². The number of aromatic nitrogens is 2. The second-order valence-electron chi connectivity index (χ2n) is 3.85. The van der Waals surface area contributed by atoms with Gasteiger partial charge in [-0.2, -0.15) is 0 Å². The fourth-order valence-electron chi connectivity index (χ4n) is 1.58. The van der Waals surface area contributed by atoms with Crippen molar-refractivity contribution in [3.63, 3.8) is 0 Å². The van der Waals surface area contributed by atoms with Crippen LogP contribution in [0.3, 0.4) is 0 Å². The molecule has 0 radical (unpaired) electrons. The molecule has 0 bridgehead atoms. The van der Waals surface area contributed by atoms with E-state index in [1.165, 1.54) is 17.8 Å². The molecule has 0 atom stereocenters. The minimum absolute atomic E-state index is 0.0503. The molecule has 0 saturated heterocycles. The average molecular weight is 275 g/mol. The Morgan fingerprint density at radius 1 is 1.42 bits per heavy atom. The van der Waals surface area contributed by atoms with Gasteiger partial charge in [0.1, 0.15) is 5.82 Å². The molecule has 1 heterocycles. The molecule has 3 N–H and O–H groups in total. The lowest BCUT2D eigenvalue weighted by atomic mass is 10.1. The van der Waals surface area contributed by atoms with Crippen LogP contribution in [0.5, 0.6) is 0 Å². The Kier molecular flexibility index (Phi) is 4.01. The molecule has 6 heteroatoms. The molecule has 0 spiro atoms. The Balaban J connectivity index is 2.38. The minimum atomic E-state index is -0.311. The Bertz CT molecular complexity index is 667. The van der Waals surface area contributed by atoms with E-state index in [1.54, 1.807) is 6.07 Å². The van der Waals surface area contributed by atoms with Crippen LogP contribution in [-0.2, 0) is 0 Å². The number of carbonyl (C=O) groups excluding carboxylic acids is 1. The molecular formula is C13H13N3O2S. The second-order valence-corrected chi connectivity index (χ2v) is 4.88. The Hall–Kier alpha value is -2.08. The topological polar surface area (TPSA) is 88.8 Å². The number of hydrogen-bond acceptors (Lipinski definition) is 5. The summed E-state index contributed by atoms with van der Waals surface area (Å²) in [7, 11) is 0. The Morgan fingerprint density at radius 2 is 2.16 bits per heavy atom. The zero-order chi connectivity index (χ0) is 13.8. The molecule has 5 nitrogen and oxygen atoms in total. The zero-order valence-corrected chi connectivity index (χ0v) is 11.2. The highest BCUT2D eigenvalue weighted by Crippen LogP contribution is 2.28. The quantitative estimate of drug-likeness (QED) is 0.659. The summed E-state index contributed by atoms with van der Waals surface area (Å²) in [6.07, 6.45) is 0.429. The molecular weight excluding hydrogens is 262 g/mol. The van der Waals surface area contributed by atoms with Gasteiger partial charge < -0.3 is 10.7 Å². The number of benzene rings is 1. The van der Waals surface area contributed by atoms with Crippen LogP contribution in [0, 0.1) is 0 Å². The van der Waals surface area contributed by atoms with Crippen molar-refractivity contribution in [2.45, 2.75) is 23.4 Å². The van der Waals surface area contributed by atoms with Crippen molar-refractivity contribution in [3.8, 4) is 0 Å². The first-order valence-electron chi connectivity index (χ1n) is 5.77. The molecule has 0 fully saturated rings. The maximum absolute atomic E-state index is 11.8. The van der Waals surface area contributed by atoms with E-state index in [4.69, 9.17) is 5.73 Å². The van der Waals surface area contributed by atoms with Gasteiger partial charge in [0.2, 0.25) is 0 Å². The largest absolute Gasteiger partial charge is 0.383 e. The van der Waals surface area contributed by atoms with E-state index in [0.717, 1.165) is 4.90 Å². The third kappa shape index (κ3) is 3.23. The van der Waals surface area contributed by atoms with Crippen LogP contribution in [0.25, 0.3) is 0 Å². The first-order chi connectivity index (χ1) is 9.10. The predicted octanol–water partition coefficient (Wildman–Crippen LogP) is 2.10. The number of nitrogens with zero attached hydrogens (tertiary/aromatic N) is 1. The van der Waals surface area contributed by atoms with Crippen molar-refractivity contribution in [2.75, 3.05) is 5.73 Å². The molecule has 0 aliphatic heterocycles. The van der Waals surface area contributed by atoms with Crippen molar-refractivity contribution in [2.24, 2.45) is 0 Å². The molecule has 2 aromatic rings. The first-order valence-corrected chi connectivity index (χ1v) is 6.58. The van der Waals surface area contributed by atoms with Crippen LogP contribution in [-0.4, -0.2) is 15.8 Å². The number of aromatic amines is 1. The highest BCUT2D eigenvalue weighted by Gasteiger charge is 2.11. The summed E-state index contributed by atoms with van der Waals surface area (Å²) in [4.78, 5) is 30.5. The first kappa shape index (κ1) is 13.4. The van der Waals surface area contributed by atoms with Crippen LogP contribution >= 0.6 is 11.8 Å². The van der Waals surface area contributed by atoms with Crippen molar-refractivity contribution in [1.29, 1.82) is 0 Å². The standard InChI is InChI=1S/C13H13N3O2S/c1-2-9(17)8-5-3-4-6-10(8)19-13-15-11(14)7-12(18)16-13/h3-7H,2H2,1H3,(H3,14,15,16,18). The lowest BCUT2D eigenvalue weighted by Crippen LogP contribution is -2.09. The summed E-state index contributed by atoms with van der Waals surface area (Å²) in [6, 6.07) is 8.43. The molecule has 98 valence electrons. The zero-order valence-electron chi connectivity index (χ0n) is 10.3. The number of carbonyl (C=O) groups is 1. The normalized spacial score (nSPS) is 10.4. The fourth-order valence-corrected chi connectivity index (χ4v) is 2.53. The van der Waals surface area contributed by atoms with Gasteiger partial charge in [0, 0.05) is 22.9 Å². The highest BCUT2D eigenvalue weighted by atomic mass is 32.2. The van der Waals surface area contributed by atoms with E-state index in [9.17, 15) is 9.59 Å². The summed E-state index contributed by atoms with van der Waals surface area (Å²) in [6.45, 7) is 1.81. The van der Waals surface area contributed by atoms with Crippen LogP contribution in [0.15, 0.2) is 45.2 Å².